The van der Waals surface area contributed by atoms with Gasteiger partial charge in [0.15, 0.2) is 5.78 Å². The fourth-order valence-corrected chi connectivity index (χ4v) is 5.75. The number of nitrogens with zero attached hydrogens (tertiary/aromatic N) is 1. The van der Waals surface area contributed by atoms with Gasteiger partial charge in [-0.05, 0) is 72.0 Å². The average Bonchev–Trinajstić information content (AvgIpc) is 3.16. The van der Waals surface area contributed by atoms with Gasteiger partial charge in [0.2, 0.25) is 0 Å². The van der Waals surface area contributed by atoms with Crippen LogP contribution < -0.4 is 19.7 Å². The second-order valence-corrected chi connectivity index (χ2v) is 10.1. The molecule has 0 spiro atoms. The molecule has 200 valence electrons. The number of hydrogen-bond acceptors (Lipinski definition) is 5. The molecule has 6 nitrogen and oxygen atoms in total. The van der Waals surface area contributed by atoms with Gasteiger partial charge in [-0.2, -0.15) is 0 Å². The Labute approximate surface area is 233 Å². The number of ether oxygens (including phenoxy) is 2. The van der Waals surface area contributed by atoms with Gasteiger partial charge in [-0.3, -0.25) is 14.5 Å². The predicted octanol–water partition coefficient (Wildman–Crippen LogP) is 6.92. The zero-order valence-corrected chi connectivity index (χ0v) is 22.5. The Bertz CT molecular complexity index is 1580. The van der Waals surface area contributed by atoms with Crippen molar-refractivity contribution in [3.05, 3.63) is 131 Å². The normalized spacial score (nSPS) is 18.2. The van der Waals surface area contributed by atoms with Crippen molar-refractivity contribution >= 4 is 23.1 Å². The highest BCUT2D eigenvalue weighted by Crippen LogP contribution is 2.48. The van der Waals surface area contributed by atoms with Crippen molar-refractivity contribution in [1.82, 2.24) is 0 Å². The highest BCUT2D eigenvalue weighted by molar-refractivity contribution is 6.12. The average molecular weight is 531 g/mol. The first-order chi connectivity index (χ1) is 19.6. The monoisotopic (exact) mass is 530 g/mol. The Morgan fingerprint density at radius 3 is 2.00 bits per heavy atom. The van der Waals surface area contributed by atoms with Crippen LogP contribution in [0.1, 0.15) is 46.3 Å². The fourth-order valence-electron chi connectivity index (χ4n) is 5.75. The lowest BCUT2D eigenvalue weighted by molar-refractivity contribution is -0.116. The van der Waals surface area contributed by atoms with Crippen molar-refractivity contribution in [2.45, 2.75) is 24.8 Å². The number of methoxy groups -OCH3 is 2. The largest absolute Gasteiger partial charge is 0.497 e. The Kier molecular flexibility index (Phi) is 6.83. The quantitative estimate of drug-likeness (QED) is 0.303. The number of nitrogens with one attached hydrogen (secondary N) is 1. The van der Waals surface area contributed by atoms with E-state index in [2.05, 4.69) is 5.32 Å². The molecule has 0 radical (unpaired) electrons. The standard InChI is InChI=1S/C34H30N2O4/c1-39-26-16-12-22(13-17-26)25-20-29-32(31(37)21-25)33(23-14-18-27(40-2)19-15-23)36(30-11-7-6-10-28(30)35-29)34(38)24-8-4-3-5-9-24/h3-19,25,33,35H,20-21H2,1-2H3/t25-,33-/m1/s1. The van der Waals surface area contributed by atoms with Crippen LogP contribution in [0.2, 0.25) is 0 Å². The highest BCUT2D eigenvalue weighted by Gasteiger charge is 2.41. The molecule has 2 aliphatic rings. The second-order valence-electron chi connectivity index (χ2n) is 10.1. The third-order valence-electron chi connectivity index (χ3n) is 7.75. The number of allylic oxidation sites excluding steroid dienone is 1. The summed E-state index contributed by atoms with van der Waals surface area (Å²) in [6.07, 6.45) is 0.991. The molecule has 1 amide bonds. The van der Waals surface area contributed by atoms with E-state index < -0.39 is 6.04 Å². The van der Waals surface area contributed by atoms with Gasteiger partial charge in [0.05, 0.1) is 31.6 Å². The van der Waals surface area contributed by atoms with Crippen molar-refractivity contribution in [3.8, 4) is 11.5 Å². The van der Waals surface area contributed by atoms with Gasteiger partial charge >= 0.3 is 0 Å². The number of anilines is 2. The van der Waals surface area contributed by atoms with Gasteiger partial charge in [-0.25, -0.2) is 0 Å². The molecule has 0 saturated heterocycles. The van der Waals surface area contributed by atoms with Crippen LogP contribution in [0.25, 0.3) is 0 Å². The molecule has 1 heterocycles. The summed E-state index contributed by atoms with van der Waals surface area (Å²) in [5.41, 5.74) is 5.45. The molecule has 6 heteroatoms. The van der Waals surface area contributed by atoms with Gasteiger partial charge in [-0.15, -0.1) is 0 Å². The number of fused-ring (bicyclic) bond motifs is 1. The maximum Gasteiger partial charge on any atom is 0.259 e. The lowest BCUT2D eigenvalue weighted by Gasteiger charge is -2.35. The van der Waals surface area contributed by atoms with Crippen molar-refractivity contribution in [2.24, 2.45) is 0 Å². The molecule has 0 saturated carbocycles. The maximum absolute atomic E-state index is 14.3. The minimum atomic E-state index is -0.617. The van der Waals surface area contributed by atoms with Crippen molar-refractivity contribution < 1.29 is 19.1 Å². The number of carbonyl (C=O) groups is 2. The highest BCUT2D eigenvalue weighted by atomic mass is 16.5. The van der Waals surface area contributed by atoms with Crippen LogP contribution in [0.4, 0.5) is 11.4 Å². The first-order valence-corrected chi connectivity index (χ1v) is 13.4. The molecule has 1 aliphatic carbocycles. The van der Waals surface area contributed by atoms with Crippen LogP contribution in [0.3, 0.4) is 0 Å². The summed E-state index contributed by atoms with van der Waals surface area (Å²) in [4.78, 5) is 30.2. The summed E-state index contributed by atoms with van der Waals surface area (Å²) >= 11 is 0. The van der Waals surface area contributed by atoms with Crippen LogP contribution >= 0.6 is 0 Å². The molecule has 0 bridgehead atoms. The molecule has 1 aliphatic heterocycles. The number of rotatable bonds is 5. The number of ketones is 1. The van der Waals surface area contributed by atoms with Crippen LogP contribution in [0, 0.1) is 0 Å². The lowest BCUT2D eigenvalue weighted by atomic mass is 9.78. The molecule has 40 heavy (non-hydrogen) atoms. The van der Waals surface area contributed by atoms with E-state index in [1.54, 1.807) is 19.1 Å². The van der Waals surface area contributed by atoms with Gasteiger partial charge in [0.1, 0.15) is 11.5 Å². The van der Waals surface area contributed by atoms with Crippen molar-refractivity contribution in [1.29, 1.82) is 0 Å². The number of benzene rings is 4. The van der Waals surface area contributed by atoms with E-state index in [1.807, 2.05) is 103 Å². The van der Waals surface area contributed by atoms with Gasteiger partial charge in [0, 0.05) is 23.3 Å². The third kappa shape index (κ3) is 4.62. The predicted molar refractivity (Wildman–Crippen MR) is 156 cm³/mol. The number of amides is 1. The van der Waals surface area contributed by atoms with E-state index in [0.29, 0.717) is 29.7 Å². The summed E-state index contributed by atoms with van der Waals surface area (Å²) in [6, 6.07) is 31.9. The molecule has 0 unspecified atom stereocenters. The van der Waals surface area contributed by atoms with Crippen molar-refractivity contribution in [3.63, 3.8) is 0 Å². The first-order valence-electron chi connectivity index (χ1n) is 13.4. The summed E-state index contributed by atoms with van der Waals surface area (Å²) in [5.74, 6) is 1.34. The summed E-state index contributed by atoms with van der Waals surface area (Å²) < 4.78 is 10.7. The van der Waals surface area contributed by atoms with Crippen LogP contribution in [0.5, 0.6) is 11.5 Å². The number of carbonyl (C=O) groups excluding carboxylic acids is 2. The minimum absolute atomic E-state index is 0.00436. The van der Waals surface area contributed by atoms with E-state index in [1.165, 1.54) is 0 Å². The van der Waals surface area contributed by atoms with Gasteiger partial charge in [0.25, 0.3) is 5.91 Å². The maximum atomic E-state index is 14.3. The van der Waals surface area contributed by atoms with Gasteiger partial charge < -0.3 is 14.8 Å². The zero-order chi connectivity index (χ0) is 27.6. The molecule has 0 aromatic heterocycles. The summed E-state index contributed by atoms with van der Waals surface area (Å²) in [5, 5.41) is 3.59. The number of Topliss-reactive ketones (excluding diaryl/α,β-unsaturated/α-hetero) is 1. The Morgan fingerprint density at radius 1 is 0.750 bits per heavy atom. The smallest absolute Gasteiger partial charge is 0.259 e. The Hall–Kier alpha value is -4.84. The molecule has 1 N–H and O–H groups in total. The number of hydrogen-bond donors (Lipinski definition) is 1. The topological polar surface area (TPSA) is 67.9 Å². The summed E-state index contributed by atoms with van der Waals surface area (Å²) in [7, 11) is 3.27. The molecule has 4 aromatic carbocycles. The number of para-hydroxylation sites is 2. The van der Waals surface area contributed by atoms with Crippen LogP contribution in [-0.2, 0) is 4.79 Å². The minimum Gasteiger partial charge on any atom is -0.497 e. The van der Waals surface area contributed by atoms with Gasteiger partial charge in [-0.1, -0.05) is 54.6 Å². The van der Waals surface area contributed by atoms with E-state index >= 15 is 0 Å². The van der Waals surface area contributed by atoms with E-state index in [-0.39, 0.29) is 17.6 Å². The molecular weight excluding hydrogens is 500 g/mol. The van der Waals surface area contributed by atoms with E-state index in [4.69, 9.17) is 9.47 Å². The first kappa shape index (κ1) is 25.4. The molecule has 6 rings (SSSR count). The molecule has 0 fully saturated rings. The third-order valence-corrected chi connectivity index (χ3v) is 7.75. The van der Waals surface area contributed by atoms with Crippen molar-refractivity contribution in [2.75, 3.05) is 24.4 Å². The summed E-state index contributed by atoms with van der Waals surface area (Å²) in [6.45, 7) is 0. The SMILES string of the molecule is COc1ccc([C@H]2CC(=O)C3=C(C2)Nc2ccccc2N(C(=O)c2ccccc2)[C@@H]3c2ccc(OC)cc2)cc1. The van der Waals surface area contributed by atoms with Crippen LogP contribution in [0.15, 0.2) is 114 Å². The second kappa shape index (κ2) is 10.7. The molecule has 2 atom stereocenters. The van der Waals surface area contributed by atoms with E-state index in [9.17, 15) is 9.59 Å². The molecular formula is C34H30N2O4. The fraction of sp³-hybridized carbons (Fsp3) is 0.176. The lowest BCUT2D eigenvalue weighted by Crippen LogP contribution is -2.38. The Morgan fingerprint density at radius 2 is 1.35 bits per heavy atom. The molecule has 4 aromatic rings. The Balaban J connectivity index is 1.53. The zero-order valence-electron chi connectivity index (χ0n) is 22.5. The van der Waals surface area contributed by atoms with Crippen LogP contribution in [-0.4, -0.2) is 25.9 Å². The van der Waals surface area contributed by atoms with E-state index in [0.717, 1.165) is 33.9 Å².